The SMILES string of the molecule is O=C(NCC(O)c1cccs1)c1ccccc1Oc1ccccc1. The van der Waals surface area contributed by atoms with Gasteiger partial charge >= 0.3 is 0 Å². The summed E-state index contributed by atoms with van der Waals surface area (Å²) in [5, 5.41) is 14.7. The monoisotopic (exact) mass is 339 g/mol. The van der Waals surface area contributed by atoms with Gasteiger partial charge in [-0.3, -0.25) is 4.79 Å². The molecule has 3 rings (SSSR count). The van der Waals surface area contributed by atoms with Crippen molar-refractivity contribution < 1.29 is 14.6 Å². The van der Waals surface area contributed by atoms with Crippen molar-refractivity contribution in [1.82, 2.24) is 5.32 Å². The van der Waals surface area contributed by atoms with Crippen LogP contribution in [0.3, 0.4) is 0 Å². The van der Waals surface area contributed by atoms with E-state index in [2.05, 4.69) is 5.32 Å². The van der Waals surface area contributed by atoms with Crippen molar-refractivity contribution in [2.24, 2.45) is 0 Å². The molecule has 0 saturated carbocycles. The zero-order valence-corrected chi connectivity index (χ0v) is 13.7. The summed E-state index contributed by atoms with van der Waals surface area (Å²) in [6, 6.07) is 20.1. The highest BCUT2D eigenvalue weighted by atomic mass is 32.1. The van der Waals surface area contributed by atoms with E-state index >= 15 is 0 Å². The van der Waals surface area contributed by atoms with Crippen LogP contribution in [0, 0.1) is 0 Å². The van der Waals surface area contributed by atoms with Crippen molar-refractivity contribution in [3.8, 4) is 11.5 Å². The number of carbonyl (C=O) groups is 1. The Hall–Kier alpha value is -2.63. The molecular formula is C19H17NO3S. The lowest BCUT2D eigenvalue weighted by atomic mass is 10.2. The smallest absolute Gasteiger partial charge is 0.255 e. The number of thiophene rings is 1. The van der Waals surface area contributed by atoms with Crippen molar-refractivity contribution in [1.29, 1.82) is 0 Å². The van der Waals surface area contributed by atoms with Gasteiger partial charge in [-0.05, 0) is 35.7 Å². The maximum atomic E-state index is 12.4. The van der Waals surface area contributed by atoms with E-state index in [1.54, 1.807) is 18.2 Å². The van der Waals surface area contributed by atoms with Gasteiger partial charge < -0.3 is 15.2 Å². The number of carbonyl (C=O) groups excluding carboxylic acids is 1. The zero-order chi connectivity index (χ0) is 16.8. The van der Waals surface area contributed by atoms with Gasteiger partial charge in [0.25, 0.3) is 5.91 Å². The Labute approximate surface area is 144 Å². The fraction of sp³-hybridized carbons (Fsp3) is 0.105. The first-order valence-corrected chi connectivity index (χ1v) is 8.43. The van der Waals surface area contributed by atoms with Gasteiger partial charge in [0.15, 0.2) is 0 Å². The second-order valence-electron chi connectivity index (χ2n) is 5.15. The molecule has 1 atom stereocenters. The van der Waals surface area contributed by atoms with E-state index in [4.69, 9.17) is 4.74 Å². The molecule has 0 spiro atoms. The summed E-state index contributed by atoms with van der Waals surface area (Å²) >= 11 is 1.46. The molecule has 4 nitrogen and oxygen atoms in total. The minimum atomic E-state index is -0.712. The number of aliphatic hydroxyl groups excluding tert-OH is 1. The van der Waals surface area contributed by atoms with Crippen LogP contribution in [-0.2, 0) is 0 Å². The van der Waals surface area contributed by atoms with E-state index in [0.717, 1.165) is 4.88 Å². The van der Waals surface area contributed by atoms with E-state index in [9.17, 15) is 9.90 Å². The second kappa shape index (κ2) is 7.77. The Kier molecular flexibility index (Phi) is 5.25. The highest BCUT2D eigenvalue weighted by Gasteiger charge is 2.15. The zero-order valence-electron chi connectivity index (χ0n) is 12.9. The summed E-state index contributed by atoms with van der Waals surface area (Å²) in [5.41, 5.74) is 0.430. The molecule has 2 aromatic carbocycles. The first kappa shape index (κ1) is 16.2. The average molecular weight is 339 g/mol. The molecular weight excluding hydrogens is 322 g/mol. The highest BCUT2D eigenvalue weighted by Crippen LogP contribution is 2.25. The molecule has 24 heavy (non-hydrogen) atoms. The number of aliphatic hydroxyl groups is 1. The summed E-state index contributed by atoms with van der Waals surface area (Å²) < 4.78 is 5.79. The summed E-state index contributed by atoms with van der Waals surface area (Å²) in [6.07, 6.45) is -0.712. The van der Waals surface area contributed by atoms with Gasteiger partial charge in [0.1, 0.15) is 17.6 Å². The molecule has 0 radical (unpaired) electrons. The third kappa shape index (κ3) is 4.01. The number of benzene rings is 2. The van der Waals surface area contributed by atoms with Gasteiger partial charge in [-0.1, -0.05) is 36.4 Å². The third-order valence-corrected chi connectivity index (χ3v) is 4.40. The summed E-state index contributed by atoms with van der Waals surface area (Å²) in [7, 11) is 0. The van der Waals surface area contributed by atoms with E-state index in [-0.39, 0.29) is 12.5 Å². The molecule has 0 aliphatic heterocycles. The second-order valence-corrected chi connectivity index (χ2v) is 6.13. The maximum absolute atomic E-state index is 12.4. The van der Waals surface area contributed by atoms with Gasteiger partial charge in [-0.25, -0.2) is 0 Å². The van der Waals surface area contributed by atoms with E-state index in [1.165, 1.54) is 11.3 Å². The van der Waals surface area contributed by atoms with Crippen LogP contribution in [0.2, 0.25) is 0 Å². The molecule has 0 aliphatic carbocycles. The number of amides is 1. The Morgan fingerprint density at radius 2 is 1.79 bits per heavy atom. The van der Waals surface area contributed by atoms with Crippen molar-refractivity contribution in [3.05, 3.63) is 82.6 Å². The molecule has 3 aromatic rings. The normalized spacial score (nSPS) is 11.7. The molecule has 1 amide bonds. The van der Waals surface area contributed by atoms with Crippen LogP contribution in [0.15, 0.2) is 72.1 Å². The largest absolute Gasteiger partial charge is 0.457 e. The molecule has 1 aromatic heterocycles. The molecule has 5 heteroatoms. The Balaban J connectivity index is 1.68. The Bertz CT molecular complexity index is 787. The fourth-order valence-corrected chi connectivity index (χ4v) is 2.94. The minimum Gasteiger partial charge on any atom is -0.457 e. The summed E-state index contributed by atoms with van der Waals surface area (Å²) in [4.78, 5) is 13.3. The quantitative estimate of drug-likeness (QED) is 0.713. The number of hydrogen-bond donors (Lipinski definition) is 2. The average Bonchev–Trinajstić information content (AvgIpc) is 3.15. The van der Waals surface area contributed by atoms with Crippen LogP contribution in [-0.4, -0.2) is 17.6 Å². The van der Waals surface area contributed by atoms with E-state index in [1.807, 2.05) is 53.9 Å². The van der Waals surface area contributed by atoms with Crippen molar-refractivity contribution >= 4 is 17.2 Å². The first-order chi connectivity index (χ1) is 11.7. The first-order valence-electron chi connectivity index (χ1n) is 7.55. The number of rotatable bonds is 6. The van der Waals surface area contributed by atoms with E-state index in [0.29, 0.717) is 17.1 Å². The Morgan fingerprint density at radius 3 is 2.54 bits per heavy atom. The number of nitrogens with one attached hydrogen (secondary N) is 1. The lowest BCUT2D eigenvalue weighted by Gasteiger charge is -2.13. The van der Waals surface area contributed by atoms with Gasteiger partial charge in [-0.15, -0.1) is 11.3 Å². The maximum Gasteiger partial charge on any atom is 0.255 e. The standard InChI is InChI=1S/C19H17NO3S/c21-16(18-11-6-12-24-18)13-20-19(22)15-9-4-5-10-17(15)23-14-7-2-1-3-8-14/h1-12,16,21H,13H2,(H,20,22). The predicted octanol–water partition coefficient (Wildman–Crippen LogP) is 4.00. The van der Waals surface area contributed by atoms with Crippen molar-refractivity contribution in [2.45, 2.75) is 6.10 Å². The van der Waals surface area contributed by atoms with Crippen molar-refractivity contribution in [2.75, 3.05) is 6.54 Å². The molecule has 0 fully saturated rings. The number of hydrogen-bond acceptors (Lipinski definition) is 4. The van der Waals surface area contributed by atoms with Crippen LogP contribution in [0.25, 0.3) is 0 Å². The molecule has 0 bridgehead atoms. The molecule has 2 N–H and O–H groups in total. The van der Waals surface area contributed by atoms with Crippen LogP contribution in [0.1, 0.15) is 21.3 Å². The molecule has 0 saturated heterocycles. The Morgan fingerprint density at radius 1 is 1.04 bits per heavy atom. The van der Waals surface area contributed by atoms with Crippen LogP contribution < -0.4 is 10.1 Å². The van der Waals surface area contributed by atoms with Crippen LogP contribution >= 0.6 is 11.3 Å². The number of para-hydroxylation sites is 2. The van der Waals surface area contributed by atoms with Gasteiger partial charge in [0.2, 0.25) is 0 Å². The van der Waals surface area contributed by atoms with Crippen LogP contribution in [0.5, 0.6) is 11.5 Å². The van der Waals surface area contributed by atoms with Crippen molar-refractivity contribution in [3.63, 3.8) is 0 Å². The highest BCUT2D eigenvalue weighted by molar-refractivity contribution is 7.10. The lowest BCUT2D eigenvalue weighted by molar-refractivity contribution is 0.0915. The fourth-order valence-electron chi connectivity index (χ4n) is 2.22. The molecule has 1 unspecified atom stereocenters. The third-order valence-electron chi connectivity index (χ3n) is 3.43. The topological polar surface area (TPSA) is 58.6 Å². The van der Waals surface area contributed by atoms with Gasteiger partial charge in [0.05, 0.1) is 5.56 Å². The summed E-state index contributed by atoms with van der Waals surface area (Å²) in [5.74, 6) is 0.861. The molecule has 0 aliphatic rings. The number of ether oxygens (including phenoxy) is 1. The van der Waals surface area contributed by atoms with Gasteiger partial charge in [-0.2, -0.15) is 0 Å². The summed E-state index contributed by atoms with van der Waals surface area (Å²) in [6.45, 7) is 0.152. The van der Waals surface area contributed by atoms with Gasteiger partial charge in [0, 0.05) is 11.4 Å². The van der Waals surface area contributed by atoms with E-state index < -0.39 is 6.10 Å². The molecule has 122 valence electrons. The lowest BCUT2D eigenvalue weighted by Crippen LogP contribution is -2.28. The predicted molar refractivity (Wildman–Crippen MR) is 94.6 cm³/mol. The van der Waals surface area contributed by atoms with Crippen LogP contribution in [0.4, 0.5) is 0 Å². The molecule has 1 heterocycles. The minimum absolute atomic E-state index is 0.152.